The molecule has 0 bridgehead atoms. The van der Waals surface area contributed by atoms with Gasteiger partial charge in [-0.25, -0.2) is 0 Å². The molecule has 0 radical (unpaired) electrons. The van der Waals surface area contributed by atoms with Crippen molar-refractivity contribution in [2.75, 3.05) is 40.4 Å². The Morgan fingerprint density at radius 1 is 1.42 bits per heavy atom. The summed E-state index contributed by atoms with van der Waals surface area (Å²) in [7, 11) is 3.96. The SMILES string of the molecule is CN(C)CC1COCCN1C(=O)C1CC(=O)c2cc(Cl)ccc21.Cl. The molecule has 1 heterocycles. The molecule has 1 aromatic rings. The van der Waals surface area contributed by atoms with Gasteiger partial charge in [0.15, 0.2) is 5.78 Å². The highest BCUT2D eigenvalue weighted by Gasteiger charge is 2.39. The van der Waals surface area contributed by atoms with Gasteiger partial charge in [0.25, 0.3) is 0 Å². The fraction of sp³-hybridized carbons (Fsp3) is 0.529. The molecule has 3 rings (SSSR count). The van der Waals surface area contributed by atoms with E-state index in [-0.39, 0.29) is 36.6 Å². The summed E-state index contributed by atoms with van der Waals surface area (Å²) >= 11 is 5.98. The van der Waals surface area contributed by atoms with Crippen molar-refractivity contribution in [2.45, 2.75) is 18.4 Å². The van der Waals surface area contributed by atoms with Crippen LogP contribution in [0.4, 0.5) is 0 Å². The van der Waals surface area contributed by atoms with Crippen LogP contribution in [0, 0.1) is 0 Å². The van der Waals surface area contributed by atoms with Crippen LogP contribution in [-0.4, -0.2) is 67.9 Å². The van der Waals surface area contributed by atoms with Crippen LogP contribution in [0.2, 0.25) is 5.02 Å². The molecule has 24 heavy (non-hydrogen) atoms. The molecule has 0 N–H and O–H groups in total. The molecule has 0 saturated carbocycles. The third-order valence-electron chi connectivity index (χ3n) is 4.47. The van der Waals surface area contributed by atoms with Crippen molar-refractivity contribution in [3.63, 3.8) is 0 Å². The molecule has 0 spiro atoms. The number of hydrogen-bond acceptors (Lipinski definition) is 4. The van der Waals surface area contributed by atoms with Crippen molar-refractivity contribution in [3.05, 3.63) is 34.3 Å². The van der Waals surface area contributed by atoms with Crippen molar-refractivity contribution in [1.29, 1.82) is 0 Å². The van der Waals surface area contributed by atoms with Crippen LogP contribution in [0.1, 0.15) is 28.3 Å². The lowest BCUT2D eigenvalue weighted by Gasteiger charge is -2.38. The number of Topliss-reactive ketones (excluding diaryl/α,β-unsaturated/α-hetero) is 1. The zero-order valence-electron chi connectivity index (χ0n) is 13.8. The second-order valence-electron chi connectivity index (χ2n) is 6.43. The highest BCUT2D eigenvalue weighted by atomic mass is 35.5. The Labute approximate surface area is 153 Å². The maximum atomic E-state index is 13.1. The predicted molar refractivity (Wildman–Crippen MR) is 95.3 cm³/mol. The maximum Gasteiger partial charge on any atom is 0.231 e. The quantitative estimate of drug-likeness (QED) is 0.816. The number of morpholine rings is 1. The van der Waals surface area contributed by atoms with Gasteiger partial charge in [0, 0.05) is 30.1 Å². The smallest absolute Gasteiger partial charge is 0.231 e. The lowest BCUT2D eigenvalue weighted by Crippen LogP contribution is -2.53. The molecule has 1 fully saturated rings. The summed E-state index contributed by atoms with van der Waals surface area (Å²) in [5.74, 6) is -0.370. The van der Waals surface area contributed by atoms with Gasteiger partial charge in [0.05, 0.1) is 25.2 Å². The third-order valence-corrected chi connectivity index (χ3v) is 4.70. The van der Waals surface area contributed by atoms with E-state index in [1.165, 1.54) is 0 Å². The highest BCUT2D eigenvalue weighted by molar-refractivity contribution is 6.31. The van der Waals surface area contributed by atoms with Gasteiger partial charge in [0.2, 0.25) is 5.91 Å². The summed E-state index contributed by atoms with van der Waals surface area (Å²) in [6, 6.07) is 5.25. The first-order chi connectivity index (χ1) is 11.0. The minimum atomic E-state index is -0.391. The van der Waals surface area contributed by atoms with Crippen LogP contribution in [0.3, 0.4) is 0 Å². The molecular formula is C17H22Cl2N2O3. The Kier molecular flexibility index (Phi) is 6.26. The Morgan fingerprint density at radius 3 is 2.88 bits per heavy atom. The van der Waals surface area contributed by atoms with E-state index in [2.05, 4.69) is 0 Å². The third kappa shape index (κ3) is 3.75. The number of hydrogen-bond donors (Lipinski definition) is 0. The first kappa shape index (κ1) is 19.2. The normalized spacial score (nSPS) is 23.2. The second kappa shape index (κ2) is 7.83. The van der Waals surface area contributed by atoms with E-state index >= 15 is 0 Å². The largest absolute Gasteiger partial charge is 0.377 e. The molecule has 2 aliphatic rings. The van der Waals surface area contributed by atoms with Crippen molar-refractivity contribution < 1.29 is 14.3 Å². The zero-order valence-corrected chi connectivity index (χ0v) is 15.4. The summed E-state index contributed by atoms with van der Waals surface area (Å²) in [4.78, 5) is 29.2. The van der Waals surface area contributed by atoms with Gasteiger partial charge in [-0.05, 0) is 31.8 Å². The molecule has 7 heteroatoms. The monoisotopic (exact) mass is 372 g/mol. The van der Waals surface area contributed by atoms with Crippen molar-refractivity contribution >= 4 is 35.7 Å². The van der Waals surface area contributed by atoms with Crippen LogP contribution >= 0.6 is 24.0 Å². The Morgan fingerprint density at radius 2 is 2.17 bits per heavy atom. The van der Waals surface area contributed by atoms with Gasteiger partial charge in [-0.15, -0.1) is 12.4 Å². The van der Waals surface area contributed by atoms with E-state index < -0.39 is 5.92 Å². The first-order valence-corrected chi connectivity index (χ1v) is 8.20. The first-order valence-electron chi connectivity index (χ1n) is 7.83. The number of carbonyl (C=O) groups excluding carboxylic acids is 2. The molecule has 1 aliphatic carbocycles. The number of likely N-dealkylation sites (N-methyl/N-ethyl adjacent to an activating group) is 1. The lowest BCUT2D eigenvalue weighted by molar-refractivity contribution is -0.141. The second-order valence-corrected chi connectivity index (χ2v) is 6.87. The molecular weight excluding hydrogens is 351 g/mol. The van der Waals surface area contributed by atoms with E-state index in [0.717, 1.165) is 12.1 Å². The van der Waals surface area contributed by atoms with Crippen molar-refractivity contribution in [3.8, 4) is 0 Å². The van der Waals surface area contributed by atoms with Crippen LogP contribution in [0.15, 0.2) is 18.2 Å². The van der Waals surface area contributed by atoms with E-state index in [1.807, 2.05) is 30.0 Å². The molecule has 1 amide bonds. The highest BCUT2D eigenvalue weighted by Crippen LogP contribution is 2.36. The van der Waals surface area contributed by atoms with Gasteiger partial charge >= 0.3 is 0 Å². The van der Waals surface area contributed by atoms with Gasteiger partial charge in [-0.1, -0.05) is 17.7 Å². The van der Waals surface area contributed by atoms with Gasteiger partial charge in [0.1, 0.15) is 0 Å². The van der Waals surface area contributed by atoms with Crippen LogP contribution < -0.4 is 0 Å². The number of rotatable bonds is 3. The molecule has 1 aromatic carbocycles. The van der Waals surface area contributed by atoms with E-state index in [0.29, 0.717) is 30.3 Å². The maximum absolute atomic E-state index is 13.1. The summed E-state index contributed by atoms with van der Waals surface area (Å²) in [6.07, 6.45) is 0.237. The summed E-state index contributed by atoms with van der Waals surface area (Å²) in [5.41, 5.74) is 1.40. The van der Waals surface area contributed by atoms with Gasteiger partial charge < -0.3 is 14.5 Å². The van der Waals surface area contributed by atoms with Gasteiger partial charge in [-0.3, -0.25) is 9.59 Å². The number of ketones is 1. The average molecular weight is 373 g/mol. The van der Waals surface area contributed by atoms with Crippen molar-refractivity contribution in [1.82, 2.24) is 9.80 Å². The lowest BCUT2D eigenvalue weighted by atomic mass is 9.98. The Bertz CT molecular complexity index is 636. The van der Waals surface area contributed by atoms with Crippen LogP contribution in [-0.2, 0) is 9.53 Å². The fourth-order valence-electron chi connectivity index (χ4n) is 3.42. The summed E-state index contributed by atoms with van der Waals surface area (Å²) in [6.45, 7) is 2.41. The number of benzene rings is 1. The molecule has 0 aromatic heterocycles. The standard InChI is InChI=1S/C17H21ClN2O3.ClH/c1-19(2)9-12-10-23-6-5-20(12)17(22)15-8-16(21)14-7-11(18)3-4-13(14)15;/h3-4,7,12,15H,5-6,8-10H2,1-2H3;1H. The number of amides is 1. The fourth-order valence-corrected chi connectivity index (χ4v) is 3.59. The number of carbonyl (C=O) groups is 2. The number of nitrogens with zero attached hydrogens (tertiary/aromatic N) is 2. The number of fused-ring (bicyclic) bond motifs is 1. The Hall–Kier alpha value is -1.14. The zero-order chi connectivity index (χ0) is 16.6. The minimum Gasteiger partial charge on any atom is -0.377 e. The molecule has 1 aliphatic heterocycles. The van der Waals surface area contributed by atoms with Crippen molar-refractivity contribution in [2.24, 2.45) is 0 Å². The topological polar surface area (TPSA) is 49.9 Å². The summed E-state index contributed by atoms with van der Waals surface area (Å²) < 4.78 is 5.53. The predicted octanol–water partition coefficient (Wildman–Crippen LogP) is 2.22. The summed E-state index contributed by atoms with van der Waals surface area (Å²) in [5, 5.41) is 0.530. The van der Waals surface area contributed by atoms with Crippen LogP contribution in [0.5, 0.6) is 0 Å². The molecule has 1 saturated heterocycles. The number of ether oxygens (including phenoxy) is 1. The Balaban J connectivity index is 0.00000208. The van der Waals surface area contributed by atoms with E-state index in [9.17, 15) is 9.59 Å². The molecule has 2 atom stereocenters. The van der Waals surface area contributed by atoms with E-state index in [1.54, 1.807) is 12.1 Å². The van der Waals surface area contributed by atoms with Gasteiger partial charge in [-0.2, -0.15) is 0 Å². The average Bonchev–Trinajstić information content (AvgIpc) is 2.83. The molecule has 5 nitrogen and oxygen atoms in total. The van der Waals surface area contributed by atoms with Crippen LogP contribution in [0.25, 0.3) is 0 Å². The van der Waals surface area contributed by atoms with E-state index in [4.69, 9.17) is 16.3 Å². The molecule has 132 valence electrons. The number of halogens is 2. The molecule has 2 unspecified atom stereocenters. The minimum absolute atomic E-state index is 0.